The first-order valence-electron chi connectivity index (χ1n) is 5.68. The fourth-order valence-corrected chi connectivity index (χ4v) is 1.92. The van der Waals surface area contributed by atoms with Crippen LogP contribution in [0.4, 0.5) is 8.78 Å². The molecule has 2 rings (SSSR count). The number of halogens is 2. The molecule has 92 valence electrons. The van der Waals surface area contributed by atoms with Gasteiger partial charge in [-0.3, -0.25) is 0 Å². The van der Waals surface area contributed by atoms with Crippen LogP contribution in [-0.2, 0) is 11.2 Å². The van der Waals surface area contributed by atoms with E-state index in [-0.39, 0.29) is 6.04 Å². The molecule has 0 fully saturated rings. The van der Waals surface area contributed by atoms with E-state index in [0.29, 0.717) is 18.6 Å². The Kier molecular flexibility index (Phi) is 3.74. The van der Waals surface area contributed by atoms with E-state index in [1.165, 1.54) is 12.1 Å². The minimum atomic E-state index is -0.578. The number of hydrogen-bond donors (Lipinski definition) is 1. The van der Waals surface area contributed by atoms with E-state index in [1.54, 1.807) is 0 Å². The maximum atomic E-state index is 13.0. The molecule has 1 aromatic rings. The largest absolute Gasteiger partial charge is 0.497 e. The SMILES string of the molecule is NC(Cc1cc(F)cc(F)c1)C1=CCCCO1. The minimum absolute atomic E-state index is 0.337. The zero-order valence-electron chi connectivity index (χ0n) is 9.46. The summed E-state index contributed by atoms with van der Waals surface area (Å²) in [5.41, 5.74) is 6.49. The Morgan fingerprint density at radius 2 is 1.94 bits per heavy atom. The Morgan fingerprint density at radius 1 is 1.24 bits per heavy atom. The van der Waals surface area contributed by atoms with Crippen LogP contribution in [0.3, 0.4) is 0 Å². The monoisotopic (exact) mass is 239 g/mol. The van der Waals surface area contributed by atoms with Crippen molar-refractivity contribution >= 4 is 0 Å². The third kappa shape index (κ3) is 3.27. The van der Waals surface area contributed by atoms with Gasteiger partial charge < -0.3 is 10.5 Å². The van der Waals surface area contributed by atoms with Gasteiger partial charge in [-0.25, -0.2) is 8.78 Å². The van der Waals surface area contributed by atoms with Crippen LogP contribution in [0.5, 0.6) is 0 Å². The second-order valence-electron chi connectivity index (χ2n) is 4.19. The maximum absolute atomic E-state index is 13.0. The lowest BCUT2D eigenvalue weighted by molar-refractivity contribution is 0.175. The Bertz CT molecular complexity index is 411. The molecule has 2 N–H and O–H groups in total. The smallest absolute Gasteiger partial charge is 0.126 e. The van der Waals surface area contributed by atoms with E-state index >= 15 is 0 Å². The van der Waals surface area contributed by atoms with Crippen LogP contribution < -0.4 is 5.73 Å². The number of rotatable bonds is 3. The first-order valence-corrected chi connectivity index (χ1v) is 5.68. The Morgan fingerprint density at radius 3 is 2.53 bits per heavy atom. The van der Waals surface area contributed by atoms with E-state index < -0.39 is 11.6 Å². The van der Waals surface area contributed by atoms with Gasteiger partial charge >= 0.3 is 0 Å². The van der Waals surface area contributed by atoms with E-state index in [1.807, 2.05) is 6.08 Å². The molecule has 0 amide bonds. The van der Waals surface area contributed by atoms with Gasteiger partial charge in [-0.1, -0.05) is 0 Å². The zero-order valence-corrected chi connectivity index (χ0v) is 9.46. The number of ether oxygens (including phenoxy) is 1. The van der Waals surface area contributed by atoms with Crippen LogP contribution in [0.2, 0.25) is 0 Å². The van der Waals surface area contributed by atoms with Crippen LogP contribution in [0.25, 0.3) is 0 Å². The lowest BCUT2D eigenvalue weighted by Crippen LogP contribution is -2.28. The first-order chi connectivity index (χ1) is 8.15. The van der Waals surface area contributed by atoms with Crippen molar-refractivity contribution in [3.63, 3.8) is 0 Å². The first kappa shape index (κ1) is 12.0. The van der Waals surface area contributed by atoms with Crippen molar-refractivity contribution in [2.24, 2.45) is 5.73 Å². The van der Waals surface area contributed by atoms with Gasteiger partial charge in [0.1, 0.15) is 17.4 Å². The molecule has 0 radical (unpaired) electrons. The standard InChI is InChI=1S/C13H15F2NO/c14-10-5-9(6-11(15)8-10)7-12(16)13-3-1-2-4-17-13/h3,5-6,8,12H,1-2,4,7,16H2. The van der Waals surface area contributed by atoms with E-state index in [0.717, 1.165) is 24.7 Å². The summed E-state index contributed by atoms with van der Waals surface area (Å²) in [6.07, 6.45) is 4.26. The highest BCUT2D eigenvalue weighted by Gasteiger charge is 2.15. The molecular weight excluding hydrogens is 224 g/mol. The summed E-state index contributed by atoms with van der Waals surface area (Å²) in [5, 5.41) is 0. The van der Waals surface area contributed by atoms with Crippen molar-refractivity contribution in [1.29, 1.82) is 0 Å². The topological polar surface area (TPSA) is 35.2 Å². The zero-order chi connectivity index (χ0) is 12.3. The molecule has 0 aliphatic carbocycles. The predicted molar refractivity (Wildman–Crippen MR) is 61.3 cm³/mol. The minimum Gasteiger partial charge on any atom is -0.497 e. The lowest BCUT2D eigenvalue weighted by atomic mass is 10.0. The average molecular weight is 239 g/mol. The van der Waals surface area contributed by atoms with Gasteiger partial charge in [0, 0.05) is 6.07 Å². The van der Waals surface area contributed by atoms with E-state index in [2.05, 4.69) is 0 Å². The second-order valence-corrected chi connectivity index (χ2v) is 4.19. The summed E-state index contributed by atoms with van der Waals surface area (Å²) in [4.78, 5) is 0. The summed E-state index contributed by atoms with van der Waals surface area (Å²) < 4.78 is 31.4. The molecule has 1 heterocycles. The Hall–Kier alpha value is -1.42. The van der Waals surface area contributed by atoms with Gasteiger partial charge in [0.25, 0.3) is 0 Å². The van der Waals surface area contributed by atoms with E-state index in [4.69, 9.17) is 10.5 Å². The van der Waals surface area contributed by atoms with Gasteiger partial charge in [0.2, 0.25) is 0 Å². The highest BCUT2D eigenvalue weighted by Crippen LogP contribution is 2.17. The van der Waals surface area contributed by atoms with Crippen molar-refractivity contribution in [3.05, 3.63) is 47.2 Å². The molecule has 4 heteroatoms. The van der Waals surface area contributed by atoms with Crippen LogP contribution in [0.1, 0.15) is 18.4 Å². The molecule has 0 saturated carbocycles. The van der Waals surface area contributed by atoms with Crippen LogP contribution in [-0.4, -0.2) is 12.6 Å². The molecule has 1 unspecified atom stereocenters. The van der Waals surface area contributed by atoms with Crippen molar-refractivity contribution in [1.82, 2.24) is 0 Å². The Balaban J connectivity index is 2.06. The van der Waals surface area contributed by atoms with Crippen molar-refractivity contribution in [2.75, 3.05) is 6.61 Å². The van der Waals surface area contributed by atoms with Gasteiger partial charge in [-0.15, -0.1) is 0 Å². The number of hydrogen-bond acceptors (Lipinski definition) is 2. The van der Waals surface area contributed by atoms with Crippen molar-refractivity contribution in [3.8, 4) is 0 Å². The van der Waals surface area contributed by atoms with Crippen LogP contribution >= 0.6 is 0 Å². The predicted octanol–water partition coefficient (Wildman–Crippen LogP) is 2.53. The third-order valence-electron chi connectivity index (χ3n) is 2.71. The molecule has 1 aliphatic heterocycles. The molecule has 0 saturated heterocycles. The molecule has 2 nitrogen and oxygen atoms in total. The number of allylic oxidation sites excluding steroid dienone is 1. The van der Waals surface area contributed by atoms with Gasteiger partial charge in [0.15, 0.2) is 0 Å². The van der Waals surface area contributed by atoms with E-state index in [9.17, 15) is 8.78 Å². The average Bonchev–Trinajstić information content (AvgIpc) is 2.28. The molecule has 1 atom stereocenters. The van der Waals surface area contributed by atoms with Gasteiger partial charge in [-0.2, -0.15) is 0 Å². The second kappa shape index (κ2) is 5.27. The van der Waals surface area contributed by atoms with Gasteiger partial charge in [0.05, 0.1) is 12.6 Å². The third-order valence-corrected chi connectivity index (χ3v) is 2.71. The summed E-state index contributed by atoms with van der Waals surface area (Å²) in [6, 6.07) is 3.11. The molecule has 0 spiro atoms. The normalized spacial score (nSPS) is 17.2. The molecule has 1 aliphatic rings. The lowest BCUT2D eigenvalue weighted by Gasteiger charge is -2.20. The summed E-state index contributed by atoms with van der Waals surface area (Å²) >= 11 is 0. The summed E-state index contributed by atoms with van der Waals surface area (Å²) in [7, 11) is 0. The van der Waals surface area contributed by atoms with Crippen molar-refractivity contribution < 1.29 is 13.5 Å². The summed E-state index contributed by atoms with van der Waals surface area (Å²) in [6.45, 7) is 0.664. The van der Waals surface area contributed by atoms with Gasteiger partial charge in [-0.05, 0) is 43.0 Å². The fourth-order valence-electron chi connectivity index (χ4n) is 1.92. The Labute approximate surface area is 99.1 Å². The quantitative estimate of drug-likeness (QED) is 0.879. The fraction of sp³-hybridized carbons (Fsp3) is 0.385. The van der Waals surface area contributed by atoms with Crippen LogP contribution in [0.15, 0.2) is 30.0 Å². The highest BCUT2D eigenvalue weighted by atomic mass is 19.1. The molecule has 17 heavy (non-hydrogen) atoms. The van der Waals surface area contributed by atoms with Crippen LogP contribution in [0, 0.1) is 11.6 Å². The molecule has 1 aromatic carbocycles. The van der Waals surface area contributed by atoms with Crippen molar-refractivity contribution in [2.45, 2.75) is 25.3 Å². The summed E-state index contributed by atoms with van der Waals surface area (Å²) in [5.74, 6) is -0.433. The molecule has 0 bridgehead atoms. The molecular formula is C13H15F2NO. The highest BCUT2D eigenvalue weighted by molar-refractivity contribution is 5.21. The molecule has 0 aromatic heterocycles. The number of benzene rings is 1. The number of nitrogens with two attached hydrogens (primary N) is 1. The maximum Gasteiger partial charge on any atom is 0.126 e.